The van der Waals surface area contributed by atoms with Crippen LogP contribution in [-0.2, 0) is 50.8 Å². The van der Waals surface area contributed by atoms with Gasteiger partial charge in [-0.25, -0.2) is 4.79 Å². The zero-order valence-corrected chi connectivity index (χ0v) is 29.2. The summed E-state index contributed by atoms with van der Waals surface area (Å²) in [6.07, 6.45) is -4.40. The first-order chi connectivity index (χ1) is 22.6. The second-order valence-corrected chi connectivity index (χ2v) is 18.9. The fraction of sp³-hybridized carbons (Fsp3) is 0.583. The number of hydrogen-bond acceptors (Lipinski definition) is 10. The number of carbonyl (C=O) groups is 1. The fourth-order valence-corrected chi connectivity index (χ4v) is 12.7. The van der Waals surface area contributed by atoms with Crippen LogP contribution in [0.25, 0.3) is 0 Å². The highest BCUT2D eigenvalue weighted by molar-refractivity contribution is 6.77. The van der Waals surface area contributed by atoms with Crippen molar-refractivity contribution in [3.63, 3.8) is 0 Å². The molecule has 258 valence electrons. The average molecular weight is 671 g/mol. The third-order valence-corrected chi connectivity index (χ3v) is 15.5. The molecule has 5 rings (SSSR count). The molecule has 1 N–H and O–H groups in total. The number of aliphatic hydroxyl groups is 1. The van der Waals surface area contributed by atoms with Crippen molar-refractivity contribution in [2.45, 2.75) is 120 Å². The van der Waals surface area contributed by atoms with Crippen molar-refractivity contribution in [1.82, 2.24) is 0 Å². The number of benzene rings is 2. The van der Waals surface area contributed by atoms with Gasteiger partial charge in [0.15, 0.2) is 32.9 Å². The van der Waals surface area contributed by atoms with Crippen molar-refractivity contribution in [3.8, 4) is 0 Å². The molecule has 47 heavy (non-hydrogen) atoms. The van der Waals surface area contributed by atoms with E-state index in [0.29, 0.717) is 29.8 Å². The summed E-state index contributed by atoms with van der Waals surface area (Å²) in [6.45, 7) is 14.3. The summed E-state index contributed by atoms with van der Waals surface area (Å²) < 4.78 is 49.2. The van der Waals surface area contributed by atoms with Crippen LogP contribution in [0.15, 0.2) is 73.0 Å². The quantitative estimate of drug-likeness (QED) is 0.172. The molecule has 11 heteroatoms. The third-order valence-electron chi connectivity index (χ3n) is 9.47. The molecule has 0 amide bonds. The molecule has 2 aromatic rings. The summed E-state index contributed by atoms with van der Waals surface area (Å²) in [7, 11) is -2.29. The zero-order valence-electron chi connectivity index (χ0n) is 28.2. The second-order valence-electron chi connectivity index (χ2n) is 13.4. The van der Waals surface area contributed by atoms with E-state index in [4.69, 9.17) is 37.6 Å². The lowest BCUT2D eigenvalue weighted by molar-refractivity contribution is -0.312. The fourth-order valence-electron chi connectivity index (χ4n) is 7.25. The molecule has 0 bridgehead atoms. The highest BCUT2D eigenvalue weighted by Crippen LogP contribution is 2.43. The van der Waals surface area contributed by atoms with Crippen LogP contribution in [0.3, 0.4) is 0 Å². The molecule has 5 unspecified atom stereocenters. The second kappa shape index (κ2) is 16.1. The maximum Gasteiger partial charge on any atom is 0.509 e. The van der Waals surface area contributed by atoms with Crippen LogP contribution >= 0.6 is 0 Å². The first kappa shape index (κ1) is 35.5. The van der Waals surface area contributed by atoms with Crippen LogP contribution in [0.5, 0.6) is 0 Å². The molecular weight excluding hydrogens is 620 g/mol. The van der Waals surface area contributed by atoms with Gasteiger partial charge in [0.05, 0.1) is 32.7 Å². The van der Waals surface area contributed by atoms with Gasteiger partial charge in [0.1, 0.15) is 24.4 Å². The van der Waals surface area contributed by atoms with E-state index in [9.17, 15) is 9.90 Å². The first-order valence-electron chi connectivity index (χ1n) is 16.7. The van der Waals surface area contributed by atoms with Crippen molar-refractivity contribution in [1.29, 1.82) is 0 Å². The summed E-state index contributed by atoms with van der Waals surface area (Å²) in [5.41, 5.74) is 3.05. The number of fused-ring (bicyclic) bond motifs is 1. The van der Waals surface area contributed by atoms with Crippen molar-refractivity contribution < 1.29 is 47.5 Å². The average Bonchev–Trinajstić information content (AvgIpc) is 3.45. The Morgan fingerprint density at radius 2 is 1.38 bits per heavy atom. The van der Waals surface area contributed by atoms with E-state index in [-0.39, 0.29) is 13.2 Å². The predicted molar refractivity (Wildman–Crippen MR) is 177 cm³/mol. The Kier molecular flexibility index (Phi) is 12.2. The number of rotatable bonds is 15. The minimum atomic E-state index is -2.29. The Hall–Kier alpha value is -2.77. The lowest BCUT2D eigenvalue weighted by atomic mass is 9.99. The van der Waals surface area contributed by atoms with Gasteiger partial charge in [-0.15, -0.1) is 0 Å². The van der Waals surface area contributed by atoms with Crippen LogP contribution in [0, 0.1) is 0 Å². The van der Waals surface area contributed by atoms with E-state index in [1.807, 2.05) is 60.7 Å². The van der Waals surface area contributed by atoms with Crippen molar-refractivity contribution in [2.75, 3.05) is 13.2 Å². The lowest BCUT2D eigenvalue weighted by Crippen LogP contribution is -2.61. The Labute approximate surface area is 279 Å². The van der Waals surface area contributed by atoms with E-state index in [1.54, 1.807) is 12.3 Å². The third kappa shape index (κ3) is 8.27. The topological polar surface area (TPSA) is 111 Å². The molecule has 0 spiro atoms. The standard InChI is InChI=1S/C36H50O10Si/c1-23(2)47(24(3)4,25(5)6)42-22-30-33-34(46-36(38)45-33)31(37)35(43-30)44-32-28(41-20-27-15-11-8-12-16-27)17-18-40-29(32)21-39-19-26-13-9-7-10-14-26/h7-18,23-25,28-35,37H,19-22H2,1-6H3/t28?,29?,30?,31?,32-,33-,34?,35-/m0/s1. The molecule has 0 aliphatic carbocycles. The summed E-state index contributed by atoms with van der Waals surface area (Å²) in [6, 6.07) is 19.7. The maximum atomic E-state index is 12.3. The van der Waals surface area contributed by atoms with Gasteiger partial charge in [-0.2, -0.15) is 0 Å². The van der Waals surface area contributed by atoms with Gasteiger partial charge in [0.25, 0.3) is 0 Å². The van der Waals surface area contributed by atoms with Crippen LogP contribution in [0.2, 0.25) is 16.6 Å². The lowest BCUT2D eigenvalue weighted by Gasteiger charge is -2.45. The van der Waals surface area contributed by atoms with E-state index in [1.165, 1.54) is 0 Å². The van der Waals surface area contributed by atoms with Crippen LogP contribution in [0.1, 0.15) is 52.7 Å². The highest BCUT2D eigenvalue weighted by Gasteiger charge is 2.56. The molecule has 0 aromatic heterocycles. The summed E-state index contributed by atoms with van der Waals surface area (Å²) in [5.74, 6) is 0. The van der Waals surface area contributed by atoms with Crippen LogP contribution in [-0.4, -0.2) is 81.8 Å². The molecule has 2 aromatic carbocycles. The molecule has 2 saturated heterocycles. The van der Waals surface area contributed by atoms with E-state index in [0.717, 1.165) is 11.1 Å². The van der Waals surface area contributed by atoms with E-state index in [2.05, 4.69) is 41.5 Å². The Morgan fingerprint density at radius 1 is 0.787 bits per heavy atom. The molecule has 0 saturated carbocycles. The number of hydrogen-bond donors (Lipinski definition) is 1. The van der Waals surface area contributed by atoms with Crippen molar-refractivity contribution in [2.24, 2.45) is 0 Å². The van der Waals surface area contributed by atoms with Gasteiger partial charge >= 0.3 is 6.16 Å². The highest BCUT2D eigenvalue weighted by atomic mass is 28.4. The molecular formula is C36H50O10Si. The monoisotopic (exact) mass is 670 g/mol. The molecule has 8 atom stereocenters. The van der Waals surface area contributed by atoms with Crippen molar-refractivity contribution >= 4 is 14.5 Å². The normalized spacial score (nSPS) is 29.1. The minimum absolute atomic E-state index is 0.170. The summed E-state index contributed by atoms with van der Waals surface area (Å²) in [4.78, 5) is 12.3. The van der Waals surface area contributed by atoms with Gasteiger partial charge in [0, 0.05) is 0 Å². The molecule has 3 heterocycles. The summed E-state index contributed by atoms with van der Waals surface area (Å²) >= 11 is 0. The van der Waals surface area contributed by atoms with Crippen molar-refractivity contribution in [3.05, 3.63) is 84.1 Å². The molecule has 2 fully saturated rings. The molecule has 0 radical (unpaired) electrons. The first-order valence-corrected chi connectivity index (χ1v) is 18.8. The maximum absolute atomic E-state index is 12.3. The zero-order chi connectivity index (χ0) is 33.6. The molecule has 10 nitrogen and oxygen atoms in total. The van der Waals surface area contributed by atoms with Gasteiger partial charge < -0.3 is 42.7 Å². The van der Waals surface area contributed by atoms with E-state index < -0.39 is 63.5 Å². The SMILES string of the molecule is CC(C)[Si](OCC1O[C@@H](O[C@H]2C(OCc3ccccc3)C=COC2COCc2ccccc2)C(O)C2OC(=O)O[C@@H]12)(C(C)C)C(C)C. The number of ether oxygens (including phenoxy) is 7. The van der Waals surface area contributed by atoms with Gasteiger partial charge in [-0.1, -0.05) is 102 Å². The van der Waals surface area contributed by atoms with Gasteiger partial charge in [-0.05, 0) is 33.8 Å². The largest absolute Gasteiger partial charge is 0.509 e. The predicted octanol–water partition coefficient (Wildman–Crippen LogP) is 6.27. The minimum Gasteiger partial charge on any atom is -0.493 e. The number of carbonyl (C=O) groups excluding carboxylic acids is 1. The van der Waals surface area contributed by atoms with Crippen LogP contribution in [0.4, 0.5) is 4.79 Å². The molecule has 3 aliphatic rings. The number of aliphatic hydroxyl groups excluding tert-OH is 1. The molecule has 3 aliphatic heterocycles. The van der Waals surface area contributed by atoms with E-state index >= 15 is 0 Å². The van der Waals surface area contributed by atoms with Gasteiger partial charge in [0.2, 0.25) is 0 Å². The summed E-state index contributed by atoms with van der Waals surface area (Å²) in [5, 5.41) is 11.4. The Balaban J connectivity index is 1.35. The van der Waals surface area contributed by atoms with Crippen LogP contribution < -0.4 is 0 Å². The van der Waals surface area contributed by atoms with Gasteiger partial charge in [-0.3, -0.25) is 0 Å². The Morgan fingerprint density at radius 3 is 2.00 bits per heavy atom. The Bertz CT molecular complexity index is 1270. The smallest absolute Gasteiger partial charge is 0.493 e.